The molecule has 1 atom stereocenters. The third-order valence-electron chi connectivity index (χ3n) is 4.13. The summed E-state index contributed by atoms with van der Waals surface area (Å²) in [5, 5.41) is 0. The Bertz CT molecular complexity index is 646. The summed E-state index contributed by atoms with van der Waals surface area (Å²) < 4.78 is 26.8. The Morgan fingerprint density at radius 2 is 2.00 bits per heavy atom. The third-order valence-corrected chi connectivity index (χ3v) is 6.99. The van der Waals surface area contributed by atoms with E-state index in [4.69, 9.17) is 22.8 Å². The van der Waals surface area contributed by atoms with Gasteiger partial charge >= 0.3 is 20.7 Å². The fourth-order valence-electron chi connectivity index (χ4n) is 2.87. The molecule has 8 heteroatoms. The maximum Gasteiger partial charge on any atom is 0.500 e. The summed E-state index contributed by atoms with van der Waals surface area (Å²) in [6, 6.07) is 5.25. The minimum atomic E-state index is -2.94. The molecule has 25 heavy (non-hydrogen) atoms. The number of carbonyl (C=O) groups is 2. The van der Waals surface area contributed by atoms with E-state index in [0.717, 1.165) is 0 Å². The van der Waals surface area contributed by atoms with Crippen molar-refractivity contribution in [2.24, 2.45) is 0 Å². The van der Waals surface area contributed by atoms with E-state index < -0.39 is 20.7 Å². The van der Waals surface area contributed by atoms with E-state index in [2.05, 4.69) is 6.58 Å². The van der Waals surface area contributed by atoms with Crippen LogP contribution < -0.4 is 0 Å². The van der Waals surface area contributed by atoms with Gasteiger partial charge in [0, 0.05) is 33.3 Å². The fourth-order valence-corrected chi connectivity index (χ4v) is 4.80. The van der Waals surface area contributed by atoms with Gasteiger partial charge in [0.15, 0.2) is 0 Å². The van der Waals surface area contributed by atoms with Gasteiger partial charge in [-0.1, -0.05) is 18.7 Å². The quantitative estimate of drug-likeness (QED) is 0.396. The van der Waals surface area contributed by atoms with Crippen molar-refractivity contribution < 1.29 is 32.3 Å². The minimum Gasteiger partial charge on any atom is -0.461 e. The summed E-state index contributed by atoms with van der Waals surface area (Å²) in [4.78, 5) is 24.5. The predicted octanol–water partition coefficient (Wildman–Crippen LogP) is 2.16. The molecule has 0 bridgehead atoms. The van der Waals surface area contributed by atoms with Crippen molar-refractivity contribution in [2.75, 3.05) is 34.5 Å². The number of ether oxygens (including phenoxy) is 2. The van der Waals surface area contributed by atoms with E-state index in [-0.39, 0.29) is 19.1 Å². The first-order valence-electron chi connectivity index (χ1n) is 7.75. The van der Waals surface area contributed by atoms with Gasteiger partial charge in [0.05, 0.1) is 17.7 Å². The van der Waals surface area contributed by atoms with E-state index in [1.165, 1.54) is 27.4 Å². The van der Waals surface area contributed by atoms with Gasteiger partial charge in [-0.3, -0.25) is 0 Å². The van der Waals surface area contributed by atoms with Gasteiger partial charge in [-0.05, 0) is 17.7 Å². The van der Waals surface area contributed by atoms with Crippen molar-refractivity contribution in [3.8, 4) is 0 Å². The molecule has 0 N–H and O–H groups in total. The van der Waals surface area contributed by atoms with Crippen LogP contribution in [0.3, 0.4) is 0 Å². The Balaban J connectivity index is 2.45. The Morgan fingerprint density at radius 1 is 1.32 bits per heavy atom. The molecular formula is C17H22O7Si. The van der Waals surface area contributed by atoms with Gasteiger partial charge in [0.1, 0.15) is 6.61 Å². The van der Waals surface area contributed by atoms with Crippen LogP contribution in [0.2, 0.25) is 6.04 Å². The summed E-state index contributed by atoms with van der Waals surface area (Å²) in [7, 11) is 1.60. The SMILES string of the molecule is C=CCOC(=O)c1cccc2c1C(C[Si](OC)(OC)OC)COC2=O. The molecule has 0 amide bonds. The highest BCUT2D eigenvalue weighted by molar-refractivity contribution is 6.60. The number of cyclic esters (lactones) is 1. The molecule has 0 aromatic heterocycles. The molecule has 0 spiro atoms. The van der Waals surface area contributed by atoms with E-state index in [0.29, 0.717) is 22.7 Å². The largest absolute Gasteiger partial charge is 0.500 e. The van der Waals surface area contributed by atoms with Crippen molar-refractivity contribution in [2.45, 2.75) is 12.0 Å². The normalized spacial score (nSPS) is 16.8. The predicted molar refractivity (Wildman–Crippen MR) is 91.5 cm³/mol. The number of hydrogen-bond donors (Lipinski definition) is 0. The molecule has 1 heterocycles. The molecule has 1 aliphatic rings. The van der Waals surface area contributed by atoms with Gasteiger partial charge in [0.25, 0.3) is 0 Å². The summed E-state index contributed by atoms with van der Waals surface area (Å²) in [6.45, 7) is 3.73. The molecule has 0 radical (unpaired) electrons. The van der Waals surface area contributed by atoms with Crippen LogP contribution in [-0.4, -0.2) is 55.3 Å². The lowest BCUT2D eigenvalue weighted by molar-refractivity contribution is 0.0424. The highest BCUT2D eigenvalue weighted by atomic mass is 28.4. The monoisotopic (exact) mass is 366 g/mol. The van der Waals surface area contributed by atoms with Crippen LogP contribution in [0.15, 0.2) is 30.9 Å². The Hall–Kier alpha value is -2.00. The van der Waals surface area contributed by atoms with Gasteiger partial charge < -0.3 is 22.8 Å². The first-order valence-corrected chi connectivity index (χ1v) is 9.68. The molecule has 1 unspecified atom stereocenters. The number of fused-ring (bicyclic) bond motifs is 1. The summed E-state index contributed by atoms with van der Waals surface area (Å²) in [6.07, 6.45) is 1.48. The molecule has 0 saturated heterocycles. The second-order valence-electron chi connectivity index (χ2n) is 5.45. The molecule has 2 rings (SSSR count). The standard InChI is InChI=1S/C17H22O7Si/c1-5-9-23-16(18)13-7-6-8-14-15(13)12(10-24-17(14)19)11-25(20-2,21-3)22-4/h5-8,12H,1,9-11H2,2-4H3. The molecule has 1 aromatic rings. The maximum atomic E-state index is 12.4. The second-order valence-corrected chi connectivity index (χ2v) is 8.45. The number of rotatable bonds is 8. The van der Waals surface area contributed by atoms with Crippen molar-refractivity contribution in [3.63, 3.8) is 0 Å². The van der Waals surface area contributed by atoms with Crippen LogP contribution in [0.1, 0.15) is 32.2 Å². The number of hydrogen-bond acceptors (Lipinski definition) is 7. The lowest BCUT2D eigenvalue weighted by Crippen LogP contribution is -2.45. The average molecular weight is 366 g/mol. The lowest BCUT2D eigenvalue weighted by Gasteiger charge is -2.32. The van der Waals surface area contributed by atoms with Crippen molar-refractivity contribution >= 4 is 20.7 Å². The van der Waals surface area contributed by atoms with Gasteiger partial charge in [-0.2, -0.15) is 0 Å². The molecule has 0 aliphatic carbocycles. The van der Waals surface area contributed by atoms with E-state index >= 15 is 0 Å². The van der Waals surface area contributed by atoms with E-state index in [1.807, 2.05) is 0 Å². The first-order chi connectivity index (χ1) is 12.0. The van der Waals surface area contributed by atoms with Crippen LogP contribution in [0.4, 0.5) is 0 Å². The number of esters is 2. The summed E-state index contributed by atoms with van der Waals surface area (Å²) in [5.41, 5.74) is 1.25. The molecule has 7 nitrogen and oxygen atoms in total. The van der Waals surface area contributed by atoms with Gasteiger partial charge in [0.2, 0.25) is 0 Å². The van der Waals surface area contributed by atoms with Crippen LogP contribution in [0, 0.1) is 0 Å². The van der Waals surface area contributed by atoms with Crippen molar-refractivity contribution in [1.82, 2.24) is 0 Å². The Labute approximate surface area is 147 Å². The zero-order chi connectivity index (χ0) is 18.4. The molecule has 1 aliphatic heterocycles. The number of benzene rings is 1. The second kappa shape index (κ2) is 8.39. The highest BCUT2D eigenvalue weighted by Gasteiger charge is 2.44. The first kappa shape index (κ1) is 19.3. The van der Waals surface area contributed by atoms with Crippen molar-refractivity contribution in [3.05, 3.63) is 47.5 Å². The van der Waals surface area contributed by atoms with Gasteiger partial charge in [-0.15, -0.1) is 0 Å². The lowest BCUT2D eigenvalue weighted by atomic mass is 9.89. The van der Waals surface area contributed by atoms with Crippen LogP contribution in [0.25, 0.3) is 0 Å². The molecule has 0 fully saturated rings. The summed E-state index contributed by atoms with van der Waals surface area (Å²) >= 11 is 0. The molecule has 136 valence electrons. The summed E-state index contributed by atoms with van der Waals surface area (Å²) in [5.74, 6) is -1.29. The van der Waals surface area contributed by atoms with Gasteiger partial charge in [-0.25, -0.2) is 9.59 Å². The molecular weight excluding hydrogens is 344 g/mol. The topological polar surface area (TPSA) is 80.3 Å². The van der Waals surface area contributed by atoms with Crippen LogP contribution in [0.5, 0.6) is 0 Å². The van der Waals surface area contributed by atoms with E-state index in [9.17, 15) is 9.59 Å². The fraction of sp³-hybridized carbons (Fsp3) is 0.412. The average Bonchev–Trinajstić information content (AvgIpc) is 2.66. The van der Waals surface area contributed by atoms with E-state index in [1.54, 1.807) is 18.2 Å². The Kier molecular flexibility index (Phi) is 6.49. The maximum absolute atomic E-state index is 12.4. The Morgan fingerprint density at radius 3 is 2.60 bits per heavy atom. The molecule has 1 aromatic carbocycles. The zero-order valence-corrected chi connectivity index (χ0v) is 15.6. The minimum absolute atomic E-state index is 0.0878. The highest BCUT2D eigenvalue weighted by Crippen LogP contribution is 2.36. The number of carbonyl (C=O) groups excluding carboxylic acids is 2. The zero-order valence-electron chi connectivity index (χ0n) is 14.6. The van der Waals surface area contributed by atoms with Crippen LogP contribution in [-0.2, 0) is 22.8 Å². The molecule has 0 saturated carbocycles. The van der Waals surface area contributed by atoms with Crippen LogP contribution >= 0.6 is 0 Å². The smallest absolute Gasteiger partial charge is 0.461 e. The van der Waals surface area contributed by atoms with Crippen molar-refractivity contribution in [1.29, 1.82) is 0 Å². The third kappa shape index (κ3) is 3.98.